The smallest absolute Gasteiger partial charge is 0.224 e. The largest absolute Gasteiger partial charge is 0.396 e. The highest BCUT2D eigenvalue weighted by atomic mass is 19.1. The molecule has 3 atom stereocenters. The molecule has 104 valence electrons. The Kier molecular flexibility index (Phi) is 4.50. The zero-order chi connectivity index (χ0) is 13.8. The Morgan fingerprint density at radius 3 is 2.58 bits per heavy atom. The van der Waals surface area contributed by atoms with Gasteiger partial charge in [0.05, 0.1) is 12.5 Å². The Balaban J connectivity index is 1.83. The highest BCUT2D eigenvalue weighted by Crippen LogP contribution is 2.25. The van der Waals surface area contributed by atoms with Crippen molar-refractivity contribution in [1.82, 2.24) is 5.32 Å². The Morgan fingerprint density at radius 2 is 2.00 bits per heavy atom. The van der Waals surface area contributed by atoms with Crippen molar-refractivity contribution in [2.75, 3.05) is 6.61 Å². The van der Waals surface area contributed by atoms with Gasteiger partial charge in [0.15, 0.2) is 0 Å². The second-order valence-electron chi connectivity index (χ2n) is 5.05. The summed E-state index contributed by atoms with van der Waals surface area (Å²) in [4.78, 5) is 11.8. The molecule has 1 saturated carbocycles. The van der Waals surface area contributed by atoms with Gasteiger partial charge < -0.3 is 15.5 Å². The van der Waals surface area contributed by atoms with Crippen molar-refractivity contribution < 1.29 is 19.4 Å². The molecule has 1 aliphatic carbocycles. The molecular formula is C14H18FNO3. The Hall–Kier alpha value is -1.46. The first-order chi connectivity index (χ1) is 9.08. The number of hydrogen-bond donors (Lipinski definition) is 3. The van der Waals surface area contributed by atoms with Gasteiger partial charge in [0.2, 0.25) is 5.91 Å². The number of hydrogen-bond acceptors (Lipinski definition) is 3. The molecule has 1 aromatic rings. The SMILES string of the molecule is O=C(Cc1ccc(F)cc1)NC1CC(O)C(CO)C1. The third-order valence-corrected chi connectivity index (χ3v) is 3.53. The molecule has 3 unspecified atom stereocenters. The summed E-state index contributed by atoms with van der Waals surface area (Å²) in [6.07, 6.45) is 0.699. The zero-order valence-corrected chi connectivity index (χ0v) is 10.6. The summed E-state index contributed by atoms with van der Waals surface area (Å²) in [5.74, 6) is -0.632. The number of aliphatic hydroxyl groups is 2. The van der Waals surface area contributed by atoms with Gasteiger partial charge in [0.1, 0.15) is 5.82 Å². The Morgan fingerprint density at radius 1 is 1.32 bits per heavy atom. The molecule has 3 N–H and O–H groups in total. The first-order valence-corrected chi connectivity index (χ1v) is 6.41. The molecule has 5 heteroatoms. The van der Waals surface area contributed by atoms with Crippen LogP contribution in [0.5, 0.6) is 0 Å². The summed E-state index contributed by atoms with van der Waals surface area (Å²) in [6, 6.07) is 5.71. The van der Waals surface area contributed by atoms with Gasteiger partial charge in [-0.05, 0) is 30.5 Å². The van der Waals surface area contributed by atoms with Crippen LogP contribution in [0.15, 0.2) is 24.3 Å². The highest BCUT2D eigenvalue weighted by molar-refractivity contribution is 5.78. The van der Waals surface area contributed by atoms with E-state index in [9.17, 15) is 14.3 Å². The van der Waals surface area contributed by atoms with Gasteiger partial charge in [-0.2, -0.15) is 0 Å². The van der Waals surface area contributed by atoms with Crippen LogP contribution in [-0.4, -0.2) is 34.9 Å². The minimum Gasteiger partial charge on any atom is -0.396 e. The maximum Gasteiger partial charge on any atom is 0.224 e. The number of rotatable bonds is 4. The van der Waals surface area contributed by atoms with Crippen molar-refractivity contribution in [2.24, 2.45) is 5.92 Å². The van der Waals surface area contributed by atoms with Gasteiger partial charge in [-0.25, -0.2) is 4.39 Å². The van der Waals surface area contributed by atoms with Gasteiger partial charge in [-0.15, -0.1) is 0 Å². The van der Waals surface area contributed by atoms with Crippen LogP contribution in [0.2, 0.25) is 0 Å². The number of aliphatic hydroxyl groups excluding tert-OH is 2. The average Bonchev–Trinajstić information content (AvgIpc) is 2.72. The number of benzene rings is 1. The number of nitrogens with one attached hydrogen (secondary N) is 1. The molecule has 0 aliphatic heterocycles. The normalized spacial score (nSPS) is 26.4. The van der Waals surface area contributed by atoms with E-state index < -0.39 is 6.10 Å². The van der Waals surface area contributed by atoms with Crippen molar-refractivity contribution in [2.45, 2.75) is 31.4 Å². The van der Waals surface area contributed by atoms with Crippen molar-refractivity contribution in [3.8, 4) is 0 Å². The molecule has 1 amide bonds. The molecule has 2 rings (SSSR count). The van der Waals surface area contributed by atoms with E-state index in [4.69, 9.17) is 5.11 Å². The summed E-state index contributed by atoms with van der Waals surface area (Å²) in [6.45, 7) is -0.0640. The fourth-order valence-electron chi connectivity index (χ4n) is 2.48. The van der Waals surface area contributed by atoms with Crippen LogP contribution in [0.3, 0.4) is 0 Å². The maximum absolute atomic E-state index is 12.7. The predicted molar refractivity (Wildman–Crippen MR) is 67.9 cm³/mol. The molecule has 1 aromatic carbocycles. The van der Waals surface area contributed by atoms with Crippen LogP contribution in [-0.2, 0) is 11.2 Å². The molecule has 0 saturated heterocycles. The minimum absolute atomic E-state index is 0.0640. The van der Waals surface area contributed by atoms with Gasteiger partial charge in [0, 0.05) is 18.6 Å². The van der Waals surface area contributed by atoms with E-state index in [1.165, 1.54) is 12.1 Å². The quantitative estimate of drug-likeness (QED) is 0.749. The molecule has 19 heavy (non-hydrogen) atoms. The monoisotopic (exact) mass is 267 g/mol. The van der Waals surface area contributed by atoms with Crippen LogP contribution in [0.1, 0.15) is 18.4 Å². The van der Waals surface area contributed by atoms with Crippen LogP contribution >= 0.6 is 0 Å². The number of carbonyl (C=O) groups is 1. The zero-order valence-electron chi connectivity index (χ0n) is 10.6. The molecule has 0 radical (unpaired) electrons. The van der Waals surface area contributed by atoms with E-state index >= 15 is 0 Å². The fraction of sp³-hybridized carbons (Fsp3) is 0.500. The van der Waals surface area contributed by atoms with Gasteiger partial charge in [-0.1, -0.05) is 12.1 Å². The molecule has 0 bridgehead atoms. The van der Waals surface area contributed by atoms with Crippen molar-refractivity contribution >= 4 is 5.91 Å². The lowest BCUT2D eigenvalue weighted by molar-refractivity contribution is -0.121. The third kappa shape index (κ3) is 3.75. The standard InChI is InChI=1S/C14H18FNO3/c15-11-3-1-9(2-4-11)5-14(19)16-12-6-10(8-17)13(18)7-12/h1-4,10,12-13,17-18H,5-8H2,(H,16,19). The lowest BCUT2D eigenvalue weighted by atomic mass is 10.1. The van der Waals surface area contributed by atoms with E-state index in [1.807, 2.05) is 0 Å². The first-order valence-electron chi connectivity index (χ1n) is 6.41. The lowest BCUT2D eigenvalue weighted by Crippen LogP contribution is -2.34. The fourth-order valence-corrected chi connectivity index (χ4v) is 2.48. The van der Waals surface area contributed by atoms with Crippen LogP contribution in [0, 0.1) is 11.7 Å². The molecular weight excluding hydrogens is 249 g/mol. The van der Waals surface area contributed by atoms with Gasteiger partial charge in [0.25, 0.3) is 0 Å². The van der Waals surface area contributed by atoms with Crippen LogP contribution in [0.4, 0.5) is 4.39 Å². The number of halogens is 1. The van der Waals surface area contributed by atoms with Crippen molar-refractivity contribution in [3.63, 3.8) is 0 Å². The van der Waals surface area contributed by atoms with E-state index in [2.05, 4.69) is 5.32 Å². The van der Waals surface area contributed by atoms with Crippen LogP contribution < -0.4 is 5.32 Å². The minimum atomic E-state index is -0.555. The highest BCUT2D eigenvalue weighted by Gasteiger charge is 2.33. The van der Waals surface area contributed by atoms with Gasteiger partial charge >= 0.3 is 0 Å². The predicted octanol–water partition coefficient (Wildman–Crippen LogP) is 0.616. The van der Waals surface area contributed by atoms with E-state index in [0.29, 0.717) is 12.8 Å². The Bertz CT molecular complexity index is 435. The topological polar surface area (TPSA) is 69.6 Å². The molecule has 1 aliphatic rings. The summed E-state index contributed by atoms with van der Waals surface area (Å²) >= 11 is 0. The van der Waals surface area contributed by atoms with Gasteiger partial charge in [-0.3, -0.25) is 4.79 Å². The van der Waals surface area contributed by atoms with Crippen LogP contribution in [0.25, 0.3) is 0 Å². The Labute approximate surface area is 111 Å². The second-order valence-corrected chi connectivity index (χ2v) is 5.05. The molecule has 4 nitrogen and oxygen atoms in total. The lowest BCUT2D eigenvalue weighted by Gasteiger charge is -2.12. The first kappa shape index (κ1) is 14.0. The average molecular weight is 267 g/mol. The van der Waals surface area contributed by atoms with E-state index in [-0.39, 0.29) is 36.7 Å². The summed E-state index contributed by atoms with van der Waals surface area (Å²) in [7, 11) is 0. The number of carbonyl (C=O) groups excluding carboxylic acids is 1. The van der Waals surface area contributed by atoms with Crippen molar-refractivity contribution in [1.29, 1.82) is 0 Å². The van der Waals surface area contributed by atoms with E-state index in [0.717, 1.165) is 5.56 Å². The summed E-state index contributed by atoms with van der Waals surface area (Å²) in [5.41, 5.74) is 0.746. The summed E-state index contributed by atoms with van der Waals surface area (Å²) in [5, 5.41) is 21.5. The van der Waals surface area contributed by atoms with Crippen molar-refractivity contribution in [3.05, 3.63) is 35.6 Å². The second kappa shape index (κ2) is 6.12. The molecule has 0 aromatic heterocycles. The summed E-state index contributed by atoms with van der Waals surface area (Å²) < 4.78 is 12.7. The molecule has 0 heterocycles. The van der Waals surface area contributed by atoms with E-state index in [1.54, 1.807) is 12.1 Å². The number of amides is 1. The molecule has 0 spiro atoms. The third-order valence-electron chi connectivity index (χ3n) is 3.53. The maximum atomic E-state index is 12.7. The molecule has 1 fully saturated rings.